The molecule has 0 spiro atoms. The van der Waals surface area contributed by atoms with Crippen molar-refractivity contribution in [1.82, 2.24) is 9.97 Å². The molecule has 0 aliphatic rings. The SMILES string of the molecule is CCN(C(=O)c1cnc(Nc2cccc(C#N)c2)cn1)c1ccccc1. The van der Waals surface area contributed by atoms with Gasteiger partial charge in [0.1, 0.15) is 11.5 Å². The Bertz CT molecular complexity index is 932. The van der Waals surface area contributed by atoms with Crippen LogP contribution in [0.4, 0.5) is 17.2 Å². The van der Waals surface area contributed by atoms with Crippen LogP contribution in [-0.4, -0.2) is 22.4 Å². The number of benzene rings is 2. The second-order valence-corrected chi connectivity index (χ2v) is 5.49. The molecule has 0 aliphatic heterocycles. The Hall–Kier alpha value is -3.72. The molecule has 1 aromatic heterocycles. The van der Waals surface area contributed by atoms with Gasteiger partial charge in [-0.2, -0.15) is 5.26 Å². The van der Waals surface area contributed by atoms with E-state index in [1.165, 1.54) is 12.4 Å². The highest BCUT2D eigenvalue weighted by atomic mass is 16.2. The van der Waals surface area contributed by atoms with Gasteiger partial charge in [-0.1, -0.05) is 24.3 Å². The zero-order chi connectivity index (χ0) is 18.4. The molecule has 0 fully saturated rings. The molecule has 1 heterocycles. The summed E-state index contributed by atoms with van der Waals surface area (Å²) in [5, 5.41) is 12.0. The summed E-state index contributed by atoms with van der Waals surface area (Å²) in [4.78, 5) is 22.8. The minimum atomic E-state index is -0.204. The number of para-hydroxylation sites is 1. The van der Waals surface area contributed by atoms with E-state index in [0.29, 0.717) is 17.9 Å². The molecule has 0 atom stereocenters. The Balaban J connectivity index is 1.76. The van der Waals surface area contributed by atoms with E-state index in [9.17, 15) is 4.79 Å². The van der Waals surface area contributed by atoms with Crippen molar-refractivity contribution in [3.05, 3.63) is 78.2 Å². The van der Waals surface area contributed by atoms with Gasteiger partial charge in [0.25, 0.3) is 5.91 Å². The second-order valence-electron chi connectivity index (χ2n) is 5.49. The number of hydrogen-bond acceptors (Lipinski definition) is 5. The molecular formula is C20H17N5O. The number of nitriles is 1. The largest absolute Gasteiger partial charge is 0.339 e. The molecule has 3 aromatic rings. The van der Waals surface area contributed by atoms with E-state index in [1.807, 2.05) is 43.3 Å². The molecule has 128 valence electrons. The lowest BCUT2D eigenvalue weighted by Gasteiger charge is -2.20. The Morgan fingerprint density at radius 3 is 2.58 bits per heavy atom. The fourth-order valence-electron chi connectivity index (χ4n) is 2.51. The normalized spacial score (nSPS) is 10.0. The lowest BCUT2D eigenvalue weighted by Crippen LogP contribution is -2.31. The first kappa shape index (κ1) is 17.1. The zero-order valence-corrected chi connectivity index (χ0v) is 14.3. The van der Waals surface area contributed by atoms with Crippen molar-refractivity contribution in [2.24, 2.45) is 0 Å². The summed E-state index contributed by atoms with van der Waals surface area (Å²) in [5.41, 5.74) is 2.37. The Morgan fingerprint density at radius 1 is 1.12 bits per heavy atom. The molecule has 26 heavy (non-hydrogen) atoms. The number of carbonyl (C=O) groups excluding carboxylic acids is 1. The van der Waals surface area contributed by atoms with Gasteiger partial charge in [-0.05, 0) is 37.3 Å². The maximum Gasteiger partial charge on any atom is 0.278 e. The fourth-order valence-corrected chi connectivity index (χ4v) is 2.51. The molecule has 1 amide bonds. The van der Waals surface area contributed by atoms with Gasteiger partial charge in [-0.25, -0.2) is 9.97 Å². The Morgan fingerprint density at radius 2 is 1.92 bits per heavy atom. The molecule has 2 aromatic carbocycles. The molecule has 0 aliphatic carbocycles. The number of hydrogen-bond donors (Lipinski definition) is 1. The lowest BCUT2D eigenvalue weighted by molar-refractivity contribution is 0.0983. The topological polar surface area (TPSA) is 81.9 Å². The van der Waals surface area contributed by atoms with Gasteiger partial charge in [0.05, 0.1) is 24.0 Å². The average molecular weight is 343 g/mol. The zero-order valence-electron chi connectivity index (χ0n) is 14.3. The minimum Gasteiger partial charge on any atom is -0.339 e. The van der Waals surface area contributed by atoms with Crippen LogP contribution in [0.3, 0.4) is 0 Å². The highest BCUT2D eigenvalue weighted by molar-refractivity contribution is 6.04. The van der Waals surface area contributed by atoms with Crippen molar-refractivity contribution in [3.8, 4) is 6.07 Å². The van der Waals surface area contributed by atoms with Gasteiger partial charge < -0.3 is 10.2 Å². The molecule has 0 unspecified atom stereocenters. The van der Waals surface area contributed by atoms with Crippen molar-refractivity contribution in [2.45, 2.75) is 6.92 Å². The third-order valence-corrected chi connectivity index (χ3v) is 3.76. The quantitative estimate of drug-likeness (QED) is 0.763. The summed E-state index contributed by atoms with van der Waals surface area (Å²) in [5.74, 6) is 0.295. The van der Waals surface area contributed by atoms with E-state index >= 15 is 0 Å². The van der Waals surface area contributed by atoms with Gasteiger partial charge >= 0.3 is 0 Å². The molecule has 1 N–H and O–H groups in total. The summed E-state index contributed by atoms with van der Waals surface area (Å²) >= 11 is 0. The lowest BCUT2D eigenvalue weighted by atomic mass is 10.2. The van der Waals surface area contributed by atoms with Crippen LogP contribution in [0, 0.1) is 11.3 Å². The van der Waals surface area contributed by atoms with Crippen molar-refractivity contribution >= 4 is 23.1 Å². The van der Waals surface area contributed by atoms with Gasteiger partial charge in [0.2, 0.25) is 0 Å². The number of aromatic nitrogens is 2. The van der Waals surface area contributed by atoms with E-state index < -0.39 is 0 Å². The molecule has 0 saturated carbocycles. The van der Waals surface area contributed by atoms with E-state index in [0.717, 1.165) is 11.4 Å². The van der Waals surface area contributed by atoms with E-state index in [4.69, 9.17) is 5.26 Å². The second kappa shape index (κ2) is 7.90. The van der Waals surface area contributed by atoms with Crippen molar-refractivity contribution in [3.63, 3.8) is 0 Å². The van der Waals surface area contributed by atoms with E-state index in [2.05, 4.69) is 21.4 Å². The number of rotatable bonds is 5. The summed E-state index contributed by atoms with van der Waals surface area (Å²) < 4.78 is 0. The highest BCUT2D eigenvalue weighted by Crippen LogP contribution is 2.17. The summed E-state index contributed by atoms with van der Waals surface area (Å²) in [6, 6.07) is 18.6. The molecule has 3 rings (SSSR count). The van der Waals surface area contributed by atoms with E-state index in [-0.39, 0.29) is 11.6 Å². The Kier molecular flexibility index (Phi) is 5.20. The van der Waals surface area contributed by atoms with Crippen LogP contribution in [0.2, 0.25) is 0 Å². The maximum absolute atomic E-state index is 12.7. The van der Waals surface area contributed by atoms with Gasteiger partial charge in [0, 0.05) is 17.9 Å². The minimum absolute atomic E-state index is 0.204. The van der Waals surface area contributed by atoms with Crippen LogP contribution >= 0.6 is 0 Å². The van der Waals surface area contributed by atoms with Crippen molar-refractivity contribution in [1.29, 1.82) is 5.26 Å². The van der Waals surface area contributed by atoms with Crippen LogP contribution in [0.1, 0.15) is 23.0 Å². The standard InChI is InChI=1S/C20H17N5O/c1-2-25(17-9-4-3-5-10-17)20(26)18-13-23-19(14-22-18)24-16-8-6-7-15(11-16)12-21/h3-11,13-14H,2H2,1H3,(H,23,24). The number of nitrogens with one attached hydrogen (secondary N) is 1. The first-order chi connectivity index (χ1) is 12.7. The molecular weight excluding hydrogens is 326 g/mol. The third kappa shape index (κ3) is 3.84. The molecule has 0 radical (unpaired) electrons. The van der Waals surface area contributed by atoms with Crippen LogP contribution in [0.25, 0.3) is 0 Å². The molecule has 0 bridgehead atoms. The van der Waals surface area contributed by atoms with Crippen LogP contribution < -0.4 is 10.2 Å². The summed E-state index contributed by atoms with van der Waals surface area (Å²) in [7, 11) is 0. The van der Waals surface area contributed by atoms with Gasteiger partial charge in [-0.15, -0.1) is 0 Å². The number of carbonyl (C=O) groups is 1. The predicted octanol–water partition coefficient (Wildman–Crippen LogP) is 3.76. The van der Waals surface area contributed by atoms with Crippen LogP contribution in [0.15, 0.2) is 67.0 Å². The number of amides is 1. The first-order valence-electron chi connectivity index (χ1n) is 8.17. The van der Waals surface area contributed by atoms with Crippen molar-refractivity contribution < 1.29 is 4.79 Å². The monoisotopic (exact) mass is 343 g/mol. The van der Waals surface area contributed by atoms with Crippen LogP contribution in [-0.2, 0) is 0 Å². The predicted molar refractivity (Wildman–Crippen MR) is 100 cm³/mol. The van der Waals surface area contributed by atoms with E-state index in [1.54, 1.807) is 23.1 Å². The molecule has 0 saturated heterocycles. The maximum atomic E-state index is 12.7. The van der Waals surface area contributed by atoms with Gasteiger partial charge in [-0.3, -0.25) is 4.79 Å². The summed E-state index contributed by atoms with van der Waals surface area (Å²) in [6.07, 6.45) is 2.95. The summed E-state index contributed by atoms with van der Waals surface area (Å²) in [6.45, 7) is 2.45. The number of nitrogens with zero attached hydrogens (tertiary/aromatic N) is 4. The van der Waals surface area contributed by atoms with Crippen molar-refractivity contribution in [2.75, 3.05) is 16.8 Å². The third-order valence-electron chi connectivity index (χ3n) is 3.76. The Labute approximate surface area is 151 Å². The number of anilines is 3. The van der Waals surface area contributed by atoms with Crippen LogP contribution in [0.5, 0.6) is 0 Å². The molecule has 6 nitrogen and oxygen atoms in total. The highest BCUT2D eigenvalue weighted by Gasteiger charge is 2.17. The average Bonchev–Trinajstić information content (AvgIpc) is 2.70. The smallest absolute Gasteiger partial charge is 0.278 e. The molecule has 6 heteroatoms. The van der Waals surface area contributed by atoms with Gasteiger partial charge in [0.15, 0.2) is 0 Å². The first-order valence-corrected chi connectivity index (χ1v) is 8.17. The fraction of sp³-hybridized carbons (Fsp3) is 0.100.